The first-order valence-corrected chi connectivity index (χ1v) is 20.8. The number of carbonyl (C=O) groups excluding carboxylic acids is 1. The molecule has 0 aliphatic carbocycles. The molecule has 1 N–H and O–H groups in total. The third kappa shape index (κ3) is 5.93. The van der Waals surface area contributed by atoms with Gasteiger partial charge in [0.05, 0.1) is 35.1 Å². The molecule has 1 amide bonds. The van der Waals surface area contributed by atoms with Crippen LogP contribution in [0.4, 0.5) is 0 Å². The van der Waals surface area contributed by atoms with Crippen LogP contribution in [0.1, 0.15) is 101 Å². The van der Waals surface area contributed by atoms with E-state index in [1.807, 2.05) is 38.1 Å². The van der Waals surface area contributed by atoms with Gasteiger partial charge in [-0.15, -0.1) is 45.3 Å². The Morgan fingerprint density at radius 2 is 1.13 bits per heavy atom. The average molecular weight is 769 g/mol. The first-order valence-electron chi connectivity index (χ1n) is 17.5. The van der Waals surface area contributed by atoms with E-state index in [9.17, 15) is 40.5 Å². The Labute approximate surface area is 315 Å². The van der Waals surface area contributed by atoms with Gasteiger partial charge in [-0.1, -0.05) is 66.2 Å². The van der Waals surface area contributed by atoms with Gasteiger partial charge in [-0.05, 0) is 24.7 Å². The average Bonchev–Trinajstić information content (AvgIpc) is 3.78. The number of aliphatic hydroxyl groups excluding tert-OH is 1. The van der Waals surface area contributed by atoms with Crippen molar-refractivity contribution in [1.29, 1.82) is 21.0 Å². The number of hydrogen-bond donors (Lipinski definition) is 1. The molecule has 5 aromatic rings. The molecule has 0 fully saturated rings. The van der Waals surface area contributed by atoms with Crippen LogP contribution in [-0.2, 0) is 6.54 Å². The highest BCUT2D eigenvalue weighted by Crippen LogP contribution is 2.50. The van der Waals surface area contributed by atoms with Crippen LogP contribution in [0.15, 0.2) is 9.59 Å². The lowest BCUT2D eigenvalue weighted by atomic mass is 9.88. The van der Waals surface area contributed by atoms with E-state index in [-0.39, 0.29) is 57.8 Å². The summed E-state index contributed by atoms with van der Waals surface area (Å²) in [4.78, 5) is 45.9. The Balaban J connectivity index is 1.88. The van der Waals surface area contributed by atoms with Gasteiger partial charge >= 0.3 is 0 Å². The molecule has 0 saturated heterocycles. The van der Waals surface area contributed by atoms with Gasteiger partial charge < -0.3 is 10.0 Å². The molecule has 6 rings (SSSR count). The smallest absolute Gasteiger partial charge is 0.262 e. The summed E-state index contributed by atoms with van der Waals surface area (Å²) in [6.45, 7) is 8.70. The van der Waals surface area contributed by atoms with Crippen LogP contribution in [0.25, 0.3) is 51.5 Å². The Hall–Kier alpha value is -4.41. The fraction of sp³-hybridized carbons (Fsp3) is 0.447. The van der Waals surface area contributed by atoms with Crippen molar-refractivity contribution in [3.8, 4) is 24.3 Å². The van der Waals surface area contributed by atoms with Crippen molar-refractivity contribution < 1.29 is 9.90 Å². The molecule has 4 heterocycles. The van der Waals surface area contributed by atoms with Crippen LogP contribution in [0.5, 0.6) is 0 Å². The minimum Gasteiger partial charge on any atom is -0.369 e. The van der Waals surface area contributed by atoms with Crippen molar-refractivity contribution in [2.75, 3.05) is 6.54 Å². The molecular weight excluding hydrogens is 733 g/mol. The molecule has 52 heavy (non-hydrogen) atoms. The molecule has 266 valence electrons. The molecule has 0 bridgehead atoms. The van der Waals surface area contributed by atoms with Crippen LogP contribution >= 0.6 is 45.3 Å². The Kier molecular flexibility index (Phi) is 11.0. The number of rotatable bonds is 12. The summed E-state index contributed by atoms with van der Waals surface area (Å²) in [5.74, 6) is -0.322. The fourth-order valence-electron chi connectivity index (χ4n) is 7.28. The molecule has 0 radical (unpaired) electrons. The lowest BCUT2D eigenvalue weighted by Crippen LogP contribution is -2.42. The van der Waals surface area contributed by atoms with Gasteiger partial charge in [0.15, 0.2) is 17.4 Å². The topological polar surface area (TPSA) is 175 Å². The number of nitrogens with zero attached hydrogens (tertiary/aromatic N) is 6. The molecule has 3 unspecified atom stereocenters. The minimum atomic E-state index is -1.44. The summed E-state index contributed by atoms with van der Waals surface area (Å²) in [6.07, 6.45) is 5.59. The van der Waals surface area contributed by atoms with Crippen LogP contribution < -0.4 is 18.8 Å². The summed E-state index contributed by atoms with van der Waals surface area (Å²) in [6, 6.07) is 7.80. The number of carbonyl (C=O) groups is 1. The minimum absolute atomic E-state index is 0.0436. The number of unbranched alkanes of at least 4 members (excludes halogenated alkanes) is 2. The van der Waals surface area contributed by atoms with Gasteiger partial charge in [-0.3, -0.25) is 19.0 Å². The summed E-state index contributed by atoms with van der Waals surface area (Å²) in [7, 11) is 0. The van der Waals surface area contributed by atoms with Gasteiger partial charge in [0, 0.05) is 29.4 Å². The number of aromatic nitrogens is 1. The third-order valence-corrected chi connectivity index (χ3v) is 15.5. The second-order valence-corrected chi connectivity index (χ2v) is 17.8. The summed E-state index contributed by atoms with van der Waals surface area (Å²) < 4.78 is 3.72. The first-order chi connectivity index (χ1) is 25.1. The van der Waals surface area contributed by atoms with Gasteiger partial charge in [-0.2, -0.15) is 21.0 Å². The number of fused-ring (bicyclic) bond motifs is 6. The Bertz CT molecular complexity index is 2640. The van der Waals surface area contributed by atoms with Gasteiger partial charge in [-0.25, -0.2) is 0 Å². The Morgan fingerprint density at radius 3 is 1.62 bits per heavy atom. The van der Waals surface area contributed by atoms with E-state index in [0.717, 1.165) is 96.7 Å². The first kappa shape index (κ1) is 37.4. The van der Waals surface area contributed by atoms with Crippen LogP contribution in [-0.4, -0.2) is 27.0 Å². The molecule has 0 spiro atoms. The maximum atomic E-state index is 14.8. The summed E-state index contributed by atoms with van der Waals surface area (Å²) >= 11 is 4.40. The van der Waals surface area contributed by atoms with Gasteiger partial charge in [0.2, 0.25) is 0 Å². The third-order valence-electron chi connectivity index (χ3n) is 10.2. The highest BCUT2D eigenvalue weighted by atomic mass is 32.2. The largest absolute Gasteiger partial charge is 0.369 e. The van der Waals surface area contributed by atoms with Crippen LogP contribution in [0, 0.1) is 57.2 Å². The second kappa shape index (κ2) is 15.3. The monoisotopic (exact) mass is 768 g/mol. The van der Waals surface area contributed by atoms with Crippen molar-refractivity contribution in [2.24, 2.45) is 11.8 Å². The lowest BCUT2D eigenvalue weighted by molar-refractivity contribution is -0.00177. The number of aliphatic hydroxyl groups is 1. The highest BCUT2D eigenvalue weighted by Gasteiger charge is 2.40. The molecule has 10 nitrogen and oxygen atoms in total. The SMILES string of the molecule is CCCCC(CC)CN1C(=O)c2c3sc(=C(C#N)C#N)sc3c3c(=O)n(CC(CC)CCCC)c(=O)c4c5sc(=C(C#N)C#N)sc5c(c2c34)C1O. The molecule has 3 atom stereocenters. The van der Waals surface area contributed by atoms with E-state index in [2.05, 4.69) is 13.8 Å². The molecule has 0 saturated carbocycles. The zero-order chi connectivity index (χ0) is 37.4. The standard InChI is InChI=1S/C38H36N6O4S4/c1-5-9-11-19(7-3)17-43-33(45)25-23-24-27(31-29(25)49-37(51-31)21(13-39)14-40)35(47)44(18-20(8-4)12-10-6-2)36(48)28(24)32-30(26(23)34(43)46)50-38(52-32)22(15-41)16-42/h19-20,33,45H,5-12,17-18H2,1-4H3. The molecular formula is C38H36N6O4S4. The molecule has 3 aromatic heterocycles. The van der Waals surface area contributed by atoms with Crippen molar-refractivity contribution in [1.82, 2.24) is 9.47 Å². The van der Waals surface area contributed by atoms with Crippen LogP contribution in [0.3, 0.4) is 0 Å². The molecule has 1 aliphatic rings. The van der Waals surface area contributed by atoms with E-state index in [1.54, 1.807) is 0 Å². The number of benzene rings is 2. The van der Waals surface area contributed by atoms with E-state index in [0.29, 0.717) is 37.4 Å². The number of pyridine rings is 1. The van der Waals surface area contributed by atoms with Crippen molar-refractivity contribution >= 4 is 103 Å². The molecule has 1 aliphatic heterocycles. The predicted molar refractivity (Wildman–Crippen MR) is 210 cm³/mol. The highest BCUT2D eigenvalue weighted by molar-refractivity contribution is 7.38. The zero-order valence-corrected chi connectivity index (χ0v) is 32.6. The molecule has 14 heteroatoms. The van der Waals surface area contributed by atoms with Crippen molar-refractivity contribution in [2.45, 2.75) is 91.8 Å². The van der Waals surface area contributed by atoms with Gasteiger partial charge in [0.25, 0.3) is 17.0 Å². The maximum absolute atomic E-state index is 14.8. The Morgan fingerprint density at radius 1 is 0.673 bits per heavy atom. The predicted octanol–water partition coefficient (Wildman–Crippen LogP) is 7.34. The van der Waals surface area contributed by atoms with Crippen molar-refractivity contribution in [3.05, 3.63) is 39.5 Å². The second-order valence-electron chi connectivity index (χ2n) is 13.2. The van der Waals surface area contributed by atoms with E-state index < -0.39 is 23.3 Å². The number of nitriles is 4. The number of hydrogen-bond acceptors (Lipinski definition) is 12. The quantitative estimate of drug-likeness (QED) is 0.137. The van der Waals surface area contributed by atoms with E-state index >= 15 is 0 Å². The van der Waals surface area contributed by atoms with E-state index in [1.165, 1.54) is 9.47 Å². The van der Waals surface area contributed by atoms with Crippen LogP contribution in [0.2, 0.25) is 0 Å². The normalized spacial score (nSPS) is 15.1. The maximum Gasteiger partial charge on any atom is 0.262 e. The number of amides is 1. The molecule has 2 aromatic carbocycles. The van der Waals surface area contributed by atoms with E-state index in [4.69, 9.17) is 0 Å². The fourth-order valence-corrected chi connectivity index (χ4v) is 12.6. The summed E-state index contributed by atoms with van der Waals surface area (Å²) in [5.41, 5.74) is -0.758. The van der Waals surface area contributed by atoms with Gasteiger partial charge in [0.1, 0.15) is 32.0 Å². The lowest BCUT2D eigenvalue weighted by Gasteiger charge is -2.37. The van der Waals surface area contributed by atoms with Crippen molar-refractivity contribution in [3.63, 3.8) is 0 Å². The summed E-state index contributed by atoms with van der Waals surface area (Å²) in [5, 5.41) is 52.7. The zero-order valence-electron chi connectivity index (χ0n) is 29.3.